The Morgan fingerprint density at radius 1 is 1.45 bits per heavy atom. The Labute approximate surface area is 126 Å². The summed E-state index contributed by atoms with van der Waals surface area (Å²) in [5.41, 5.74) is 6.63. The topological polar surface area (TPSA) is 127 Å². The van der Waals surface area contributed by atoms with Gasteiger partial charge in [0.1, 0.15) is 5.69 Å². The Morgan fingerprint density at radius 2 is 2.23 bits per heavy atom. The quantitative estimate of drug-likeness (QED) is 0.423. The number of aromatic nitrogens is 2. The van der Waals surface area contributed by atoms with E-state index in [0.29, 0.717) is 17.8 Å². The molecule has 2 rings (SSSR count). The summed E-state index contributed by atoms with van der Waals surface area (Å²) in [6, 6.07) is 6.03. The number of nitro benzene ring substituents is 1. The van der Waals surface area contributed by atoms with Crippen LogP contribution in [0.2, 0.25) is 0 Å². The van der Waals surface area contributed by atoms with Crippen LogP contribution in [-0.2, 0) is 6.42 Å². The maximum atomic E-state index is 11.3. The van der Waals surface area contributed by atoms with Crippen LogP contribution in [-0.4, -0.2) is 20.9 Å². The van der Waals surface area contributed by atoms with Crippen molar-refractivity contribution in [3.05, 3.63) is 56.8 Å². The molecule has 0 aliphatic rings. The highest BCUT2D eigenvalue weighted by Gasteiger charge is 2.14. The van der Waals surface area contributed by atoms with Gasteiger partial charge in [0.05, 0.1) is 11.3 Å². The Bertz CT molecular complexity index is 728. The van der Waals surface area contributed by atoms with E-state index < -0.39 is 4.92 Å². The second kappa shape index (κ2) is 6.70. The molecular formula is C14H17N5O3. The van der Waals surface area contributed by atoms with Crippen LogP contribution in [0.5, 0.6) is 0 Å². The number of rotatable bonds is 6. The molecule has 4 N–H and O–H groups in total. The molecule has 1 unspecified atom stereocenters. The normalized spacial score (nSPS) is 11.9. The number of nitrogen functional groups attached to an aromatic ring is 1. The van der Waals surface area contributed by atoms with E-state index in [1.165, 1.54) is 24.5 Å². The molecule has 0 radical (unpaired) electrons. The van der Waals surface area contributed by atoms with Crippen LogP contribution >= 0.6 is 0 Å². The minimum Gasteiger partial charge on any atom is -0.393 e. The molecule has 116 valence electrons. The van der Waals surface area contributed by atoms with Crippen LogP contribution in [0.1, 0.15) is 19.0 Å². The first-order valence-corrected chi connectivity index (χ1v) is 6.83. The molecule has 8 nitrogen and oxygen atoms in total. The van der Waals surface area contributed by atoms with E-state index in [1.54, 1.807) is 6.07 Å². The summed E-state index contributed by atoms with van der Waals surface area (Å²) in [4.78, 5) is 28.2. The van der Waals surface area contributed by atoms with Gasteiger partial charge in [-0.05, 0) is 18.6 Å². The number of anilines is 2. The van der Waals surface area contributed by atoms with Crippen LogP contribution in [0.4, 0.5) is 17.1 Å². The van der Waals surface area contributed by atoms with Gasteiger partial charge in [-0.15, -0.1) is 0 Å². The lowest BCUT2D eigenvalue weighted by atomic mass is 10.1. The van der Waals surface area contributed by atoms with Gasteiger partial charge in [0.2, 0.25) is 0 Å². The lowest BCUT2D eigenvalue weighted by Crippen LogP contribution is -2.23. The average molecular weight is 303 g/mol. The van der Waals surface area contributed by atoms with Crippen molar-refractivity contribution in [2.24, 2.45) is 0 Å². The molecule has 0 aliphatic heterocycles. The molecule has 0 saturated carbocycles. The first-order chi connectivity index (χ1) is 10.5. The molecule has 1 aromatic carbocycles. The van der Waals surface area contributed by atoms with Crippen molar-refractivity contribution in [1.29, 1.82) is 0 Å². The van der Waals surface area contributed by atoms with E-state index in [1.807, 2.05) is 6.92 Å². The Hall–Kier alpha value is -2.90. The molecule has 2 aromatic rings. The molecule has 0 spiro atoms. The number of benzene rings is 1. The van der Waals surface area contributed by atoms with Gasteiger partial charge in [-0.2, -0.15) is 0 Å². The van der Waals surface area contributed by atoms with E-state index in [-0.39, 0.29) is 23.0 Å². The second-order valence-electron chi connectivity index (χ2n) is 4.89. The van der Waals surface area contributed by atoms with Gasteiger partial charge in [0.15, 0.2) is 0 Å². The number of hydrogen-bond acceptors (Lipinski definition) is 6. The standard InChI is InChI=1S/C14H17N5O3/c1-2-9(5-11-7-14(20)17-8-16-11)18-10-3-4-12(15)13(6-10)19(21)22/h3-4,6-9,18H,2,5,15H2,1H3,(H,16,17,20). The fourth-order valence-corrected chi connectivity index (χ4v) is 2.10. The van der Waals surface area contributed by atoms with Gasteiger partial charge < -0.3 is 16.0 Å². The fourth-order valence-electron chi connectivity index (χ4n) is 2.10. The molecule has 1 heterocycles. The molecule has 1 atom stereocenters. The van der Waals surface area contributed by atoms with Crippen molar-refractivity contribution in [3.8, 4) is 0 Å². The van der Waals surface area contributed by atoms with Crippen molar-refractivity contribution in [2.75, 3.05) is 11.1 Å². The minimum atomic E-state index is -0.514. The number of nitrogens with zero attached hydrogens (tertiary/aromatic N) is 2. The van der Waals surface area contributed by atoms with E-state index in [2.05, 4.69) is 15.3 Å². The van der Waals surface area contributed by atoms with Crippen LogP contribution < -0.4 is 16.6 Å². The Kier molecular flexibility index (Phi) is 4.72. The molecule has 0 bridgehead atoms. The minimum absolute atomic E-state index is 0.00229. The van der Waals surface area contributed by atoms with Crippen LogP contribution in [0, 0.1) is 10.1 Å². The van der Waals surface area contributed by atoms with Crippen molar-refractivity contribution < 1.29 is 4.92 Å². The lowest BCUT2D eigenvalue weighted by molar-refractivity contribution is -0.383. The zero-order chi connectivity index (χ0) is 16.1. The Balaban J connectivity index is 2.15. The van der Waals surface area contributed by atoms with Gasteiger partial charge in [0.25, 0.3) is 11.2 Å². The predicted octanol–water partition coefficient (Wildman–Crippen LogP) is 1.69. The molecule has 22 heavy (non-hydrogen) atoms. The summed E-state index contributed by atoms with van der Waals surface area (Å²) >= 11 is 0. The zero-order valence-electron chi connectivity index (χ0n) is 12.1. The first-order valence-electron chi connectivity index (χ1n) is 6.83. The van der Waals surface area contributed by atoms with Crippen molar-refractivity contribution in [1.82, 2.24) is 9.97 Å². The number of nitrogens with one attached hydrogen (secondary N) is 2. The number of H-pyrrole nitrogens is 1. The predicted molar refractivity (Wildman–Crippen MR) is 83.8 cm³/mol. The van der Waals surface area contributed by atoms with Crippen LogP contribution in [0.3, 0.4) is 0 Å². The summed E-state index contributed by atoms with van der Waals surface area (Å²) in [7, 11) is 0. The summed E-state index contributed by atoms with van der Waals surface area (Å²) in [5.74, 6) is 0. The molecule has 0 saturated heterocycles. The summed E-state index contributed by atoms with van der Waals surface area (Å²) in [5, 5.41) is 14.1. The van der Waals surface area contributed by atoms with E-state index in [0.717, 1.165) is 6.42 Å². The largest absolute Gasteiger partial charge is 0.393 e. The SMILES string of the molecule is CCC(Cc1cc(=O)[nH]cn1)Nc1ccc(N)c([N+](=O)[O-])c1. The number of hydrogen-bond donors (Lipinski definition) is 3. The van der Waals surface area contributed by atoms with E-state index in [9.17, 15) is 14.9 Å². The highest BCUT2D eigenvalue weighted by Crippen LogP contribution is 2.25. The smallest absolute Gasteiger partial charge is 0.294 e. The van der Waals surface area contributed by atoms with Gasteiger partial charge in [0, 0.05) is 36.0 Å². The monoisotopic (exact) mass is 303 g/mol. The molecular weight excluding hydrogens is 286 g/mol. The van der Waals surface area contributed by atoms with Crippen LogP contribution in [0.25, 0.3) is 0 Å². The molecule has 0 fully saturated rings. The average Bonchev–Trinajstić information content (AvgIpc) is 2.48. The third-order valence-corrected chi connectivity index (χ3v) is 3.28. The molecule has 0 aliphatic carbocycles. The second-order valence-corrected chi connectivity index (χ2v) is 4.89. The number of nitro groups is 1. The first kappa shape index (κ1) is 15.5. The Morgan fingerprint density at radius 3 is 2.86 bits per heavy atom. The highest BCUT2D eigenvalue weighted by molar-refractivity contribution is 5.65. The van der Waals surface area contributed by atoms with E-state index in [4.69, 9.17) is 5.73 Å². The van der Waals surface area contributed by atoms with Crippen molar-refractivity contribution >= 4 is 17.1 Å². The van der Waals surface area contributed by atoms with Gasteiger partial charge >= 0.3 is 0 Å². The van der Waals surface area contributed by atoms with E-state index >= 15 is 0 Å². The third-order valence-electron chi connectivity index (χ3n) is 3.28. The molecule has 0 amide bonds. The molecule has 8 heteroatoms. The number of nitrogens with two attached hydrogens (primary N) is 1. The third kappa shape index (κ3) is 3.81. The van der Waals surface area contributed by atoms with Crippen molar-refractivity contribution in [2.45, 2.75) is 25.8 Å². The van der Waals surface area contributed by atoms with Crippen molar-refractivity contribution in [3.63, 3.8) is 0 Å². The van der Waals surface area contributed by atoms with Crippen LogP contribution in [0.15, 0.2) is 35.4 Å². The van der Waals surface area contributed by atoms with Gasteiger partial charge in [-0.1, -0.05) is 6.92 Å². The summed E-state index contributed by atoms with van der Waals surface area (Å²) in [6.45, 7) is 1.98. The summed E-state index contributed by atoms with van der Waals surface area (Å²) < 4.78 is 0. The zero-order valence-corrected chi connectivity index (χ0v) is 12.1. The van der Waals surface area contributed by atoms with Gasteiger partial charge in [-0.25, -0.2) is 4.98 Å². The lowest BCUT2D eigenvalue weighted by Gasteiger charge is -2.18. The number of aromatic amines is 1. The van der Waals surface area contributed by atoms with Gasteiger partial charge in [-0.3, -0.25) is 14.9 Å². The maximum Gasteiger partial charge on any atom is 0.294 e. The highest BCUT2D eigenvalue weighted by atomic mass is 16.6. The molecule has 1 aromatic heterocycles. The summed E-state index contributed by atoms with van der Waals surface area (Å²) in [6.07, 6.45) is 2.67. The maximum absolute atomic E-state index is 11.3. The fraction of sp³-hybridized carbons (Fsp3) is 0.286.